The summed E-state index contributed by atoms with van der Waals surface area (Å²) >= 11 is 5.85. The molecule has 2 heterocycles. The third-order valence-corrected chi connectivity index (χ3v) is 2.06. The van der Waals surface area contributed by atoms with Crippen LogP contribution in [0.25, 0.3) is 10.9 Å². The third-order valence-electron chi connectivity index (χ3n) is 1.75. The van der Waals surface area contributed by atoms with Crippen LogP contribution in [-0.4, -0.2) is 9.66 Å². The van der Waals surface area contributed by atoms with Gasteiger partial charge in [-0.25, -0.2) is 4.68 Å². The van der Waals surface area contributed by atoms with E-state index in [4.69, 9.17) is 17.4 Å². The Balaban J connectivity index is 3.06. The van der Waals surface area contributed by atoms with Gasteiger partial charge < -0.3 is 5.84 Å². The maximum absolute atomic E-state index is 11.4. The molecule has 0 atom stereocenters. The van der Waals surface area contributed by atoms with Crippen molar-refractivity contribution in [2.45, 2.75) is 0 Å². The van der Waals surface area contributed by atoms with Crippen molar-refractivity contribution in [2.24, 2.45) is 0 Å². The van der Waals surface area contributed by atoms with Gasteiger partial charge in [-0.05, 0) is 12.1 Å². The Hall–Kier alpha value is -1.55. The van der Waals surface area contributed by atoms with Crippen LogP contribution in [0, 0.1) is 0 Å². The molecule has 0 saturated heterocycles. The van der Waals surface area contributed by atoms with Crippen LogP contribution in [0.3, 0.4) is 0 Å². The number of hydrogen-bond donors (Lipinski definition) is 1. The van der Waals surface area contributed by atoms with Crippen LogP contribution < -0.4 is 11.4 Å². The average molecular weight is 196 g/mol. The molecule has 0 spiro atoms. The maximum Gasteiger partial charge on any atom is 0.295 e. The van der Waals surface area contributed by atoms with Gasteiger partial charge in [-0.1, -0.05) is 11.6 Å². The van der Waals surface area contributed by atoms with Gasteiger partial charge in [0.25, 0.3) is 5.56 Å². The van der Waals surface area contributed by atoms with Crippen LogP contribution in [0.5, 0.6) is 0 Å². The average Bonchev–Trinajstić information content (AvgIpc) is 2.15. The molecule has 0 aliphatic rings. The molecule has 0 bridgehead atoms. The zero-order chi connectivity index (χ0) is 9.42. The Morgan fingerprint density at radius 2 is 2.31 bits per heavy atom. The summed E-state index contributed by atoms with van der Waals surface area (Å²) < 4.78 is 0.928. The zero-order valence-electron chi connectivity index (χ0n) is 6.57. The fraction of sp³-hybridized carbons (Fsp3) is 0. The van der Waals surface area contributed by atoms with Gasteiger partial charge in [0.15, 0.2) is 0 Å². The van der Waals surface area contributed by atoms with Crippen LogP contribution in [0.15, 0.2) is 29.3 Å². The SMILES string of the molecule is Nn1cc(Cl)c2cccnc2c1=O. The van der Waals surface area contributed by atoms with Gasteiger partial charge in [0.2, 0.25) is 0 Å². The molecule has 0 aromatic carbocycles. The molecule has 2 aromatic rings. The Bertz CT molecular complexity index is 520. The minimum absolute atomic E-state index is 0.289. The zero-order valence-corrected chi connectivity index (χ0v) is 7.32. The Morgan fingerprint density at radius 1 is 1.54 bits per heavy atom. The third kappa shape index (κ3) is 1.15. The number of rotatable bonds is 0. The van der Waals surface area contributed by atoms with Crippen LogP contribution in [0.1, 0.15) is 0 Å². The van der Waals surface area contributed by atoms with E-state index >= 15 is 0 Å². The summed E-state index contributed by atoms with van der Waals surface area (Å²) in [4.78, 5) is 15.3. The molecule has 2 rings (SSSR count). The molecule has 0 fully saturated rings. The number of nitrogen functional groups attached to an aromatic ring is 1. The van der Waals surface area contributed by atoms with Crippen molar-refractivity contribution in [3.05, 3.63) is 39.9 Å². The summed E-state index contributed by atoms with van der Waals surface area (Å²) in [6, 6.07) is 3.45. The first kappa shape index (κ1) is 8.07. The van der Waals surface area contributed by atoms with Gasteiger partial charge in [0.1, 0.15) is 5.52 Å². The lowest BCUT2D eigenvalue weighted by Crippen LogP contribution is -2.27. The highest BCUT2D eigenvalue weighted by Gasteiger charge is 2.05. The summed E-state index contributed by atoms with van der Waals surface area (Å²) in [7, 11) is 0. The van der Waals surface area contributed by atoms with Gasteiger partial charge in [-0.15, -0.1) is 0 Å². The van der Waals surface area contributed by atoms with Crippen molar-refractivity contribution < 1.29 is 0 Å². The number of nitrogens with two attached hydrogens (primary N) is 1. The number of pyridine rings is 2. The molecular weight excluding hydrogens is 190 g/mol. The first-order chi connectivity index (χ1) is 6.20. The van der Waals surface area contributed by atoms with Crippen LogP contribution in [0.2, 0.25) is 5.02 Å². The lowest BCUT2D eigenvalue weighted by atomic mass is 10.3. The number of nitrogens with zero attached hydrogens (tertiary/aromatic N) is 2. The maximum atomic E-state index is 11.4. The number of aromatic nitrogens is 2. The Labute approximate surface area is 78.5 Å². The van der Waals surface area contributed by atoms with E-state index in [0.29, 0.717) is 10.4 Å². The van der Waals surface area contributed by atoms with E-state index in [1.807, 2.05) is 0 Å². The van der Waals surface area contributed by atoms with Gasteiger partial charge >= 0.3 is 0 Å². The summed E-state index contributed by atoms with van der Waals surface area (Å²) in [5.41, 5.74) is -0.0579. The predicted molar refractivity (Wildman–Crippen MR) is 51.2 cm³/mol. The molecular formula is C8H6ClN3O. The molecule has 4 nitrogen and oxygen atoms in total. The molecule has 0 aliphatic heterocycles. The lowest BCUT2D eigenvalue weighted by molar-refractivity contribution is 0.947. The van der Waals surface area contributed by atoms with Crippen molar-refractivity contribution in [1.29, 1.82) is 0 Å². The summed E-state index contributed by atoms with van der Waals surface area (Å²) in [5.74, 6) is 5.37. The molecule has 2 N–H and O–H groups in total. The summed E-state index contributed by atoms with van der Waals surface area (Å²) in [6.45, 7) is 0. The number of hydrogen-bond acceptors (Lipinski definition) is 3. The van der Waals surface area contributed by atoms with E-state index in [1.165, 1.54) is 12.4 Å². The van der Waals surface area contributed by atoms with Crippen molar-refractivity contribution in [1.82, 2.24) is 9.66 Å². The Morgan fingerprint density at radius 3 is 3.08 bits per heavy atom. The highest BCUT2D eigenvalue weighted by Crippen LogP contribution is 2.17. The topological polar surface area (TPSA) is 60.9 Å². The van der Waals surface area contributed by atoms with E-state index in [2.05, 4.69) is 4.98 Å². The van der Waals surface area contributed by atoms with Crippen LogP contribution in [-0.2, 0) is 0 Å². The van der Waals surface area contributed by atoms with Gasteiger partial charge in [-0.3, -0.25) is 9.78 Å². The molecule has 0 amide bonds. The van der Waals surface area contributed by atoms with E-state index in [0.717, 1.165) is 4.68 Å². The van der Waals surface area contributed by atoms with E-state index in [-0.39, 0.29) is 11.1 Å². The predicted octanol–water partition coefficient (Wildman–Crippen LogP) is 0.764. The second-order valence-corrected chi connectivity index (χ2v) is 3.00. The molecule has 0 radical (unpaired) electrons. The molecule has 0 saturated carbocycles. The first-order valence-corrected chi connectivity index (χ1v) is 3.99. The van der Waals surface area contributed by atoms with Crippen LogP contribution >= 0.6 is 11.6 Å². The van der Waals surface area contributed by atoms with E-state index in [9.17, 15) is 4.79 Å². The van der Waals surface area contributed by atoms with Gasteiger partial charge in [-0.2, -0.15) is 0 Å². The number of fused-ring (bicyclic) bond motifs is 1. The summed E-state index contributed by atoms with van der Waals surface area (Å²) in [5, 5.41) is 1.04. The van der Waals surface area contributed by atoms with Crippen molar-refractivity contribution in [3.63, 3.8) is 0 Å². The molecule has 2 aromatic heterocycles. The van der Waals surface area contributed by atoms with Crippen molar-refractivity contribution in [2.75, 3.05) is 5.84 Å². The van der Waals surface area contributed by atoms with Crippen molar-refractivity contribution in [3.8, 4) is 0 Å². The summed E-state index contributed by atoms with van der Waals surface area (Å²) in [6.07, 6.45) is 2.90. The fourth-order valence-corrected chi connectivity index (χ4v) is 1.40. The first-order valence-electron chi connectivity index (χ1n) is 3.61. The standard InChI is InChI=1S/C8H6ClN3O/c9-6-4-12(10)8(13)7-5(6)2-1-3-11-7/h1-4H,10H2. The van der Waals surface area contributed by atoms with E-state index in [1.54, 1.807) is 12.1 Å². The highest BCUT2D eigenvalue weighted by molar-refractivity contribution is 6.35. The molecule has 0 unspecified atom stereocenters. The molecule has 5 heteroatoms. The van der Waals surface area contributed by atoms with E-state index < -0.39 is 0 Å². The quantitative estimate of drug-likeness (QED) is 0.632. The smallest absolute Gasteiger partial charge is 0.295 e. The van der Waals surface area contributed by atoms with Gasteiger partial charge in [0.05, 0.1) is 5.02 Å². The highest BCUT2D eigenvalue weighted by atomic mass is 35.5. The molecule has 66 valence electrons. The second kappa shape index (κ2) is 2.74. The molecule has 13 heavy (non-hydrogen) atoms. The molecule has 0 aliphatic carbocycles. The van der Waals surface area contributed by atoms with Crippen molar-refractivity contribution >= 4 is 22.5 Å². The van der Waals surface area contributed by atoms with Gasteiger partial charge in [0, 0.05) is 17.8 Å². The monoisotopic (exact) mass is 195 g/mol. The minimum Gasteiger partial charge on any atom is -0.336 e. The largest absolute Gasteiger partial charge is 0.336 e. The number of halogens is 1. The lowest BCUT2D eigenvalue weighted by Gasteiger charge is -2.01. The second-order valence-electron chi connectivity index (χ2n) is 2.59. The van der Waals surface area contributed by atoms with Crippen LogP contribution in [0.4, 0.5) is 0 Å². The normalized spacial score (nSPS) is 10.5. The Kier molecular flexibility index (Phi) is 1.70. The fourth-order valence-electron chi connectivity index (χ4n) is 1.14. The minimum atomic E-state index is -0.347.